The summed E-state index contributed by atoms with van der Waals surface area (Å²) in [6.07, 6.45) is 0. The molecule has 26 heavy (non-hydrogen) atoms. The van der Waals surface area contributed by atoms with Crippen molar-refractivity contribution in [3.63, 3.8) is 0 Å². The van der Waals surface area contributed by atoms with Gasteiger partial charge in [0.2, 0.25) is 0 Å². The molecule has 4 rings (SSSR count). The van der Waals surface area contributed by atoms with E-state index in [4.69, 9.17) is 0 Å². The highest BCUT2D eigenvalue weighted by molar-refractivity contribution is 7.20. The van der Waals surface area contributed by atoms with Gasteiger partial charge in [-0.05, 0) is 56.3 Å². The molecule has 0 spiro atoms. The number of halogens is 1. The number of carbonyl (C=O) groups excluding carboxylic acids is 1. The van der Waals surface area contributed by atoms with Gasteiger partial charge >= 0.3 is 0 Å². The zero-order valence-corrected chi connectivity index (χ0v) is 15.1. The Kier molecular flexibility index (Phi) is 4.05. The summed E-state index contributed by atoms with van der Waals surface area (Å²) in [5.74, 6) is -0.550. The number of nitrogens with one attached hydrogen (secondary N) is 1. The summed E-state index contributed by atoms with van der Waals surface area (Å²) in [6, 6.07) is 15.7. The fourth-order valence-corrected chi connectivity index (χ4v) is 3.82. The van der Waals surface area contributed by atoms with Crippen molar-refractivity contribution in [2.75, 3.05) is 5.32 Å². The van der Waals surface area contributed by atoms with Gasteiger partial charge in [-0.1, -0.05) is 17.7 Å². The minimum absolute atomic E-state index is 0.215. The van der Waals surface area contributed by atoms with Crippen molar-refractivity contribution in [3.05, 3.63) is 76.5 Å². The van der Waals surface area contributed by atoms with Gasteiger partial charge < -0.3 is 5.32 Å². The average molecular weight is 365 g/mol. The molecule has 0 atom stereocenters. The Morgan fingerprint density at radius 3 is 2.46 bits per heavy atom. The van der Waals surface area contributed by atoms with Gasteiger partial charge in [-0.25, -0.2) is 9.07 Å². The van der Waals surface area contributed by atoms with Crippen molar-refractivity contribution < 1.29 is 9.18 Å². The molecule has 2 heterocycles. The standard InChI is InChI=1S/C20H16FN3OS/c1-12-3-9-16(10-4-12)24-20-17(13(2)23-24)11-18(26-20)19(25)22-15-7-5-14(21)6-8-15/h3-11H,1-2H3,(H,22,25). The third-order valence-electron chi connectivity index (χ3n) is 4.15. The number of anilines is 1. The van der Waals surface area contributed by atoms with Crippen LogP contribution in [0.3, 0.4) is 0 Å². The van der Waals surface area contributed by atoms with Gasteiger partial charge in [0.25, 0.3) is 5.91 Å². The molecule has 0 unspecified atom stereocenters. The maximum Gasteiger partial charge on any atom is 0.265 e. The van der Waals surface area contributed by atoms with Crippen LogP contribution in [0.15, 0.2) is 54.6 Å². The van der Waals surface area contributed by atoms with E-state index >= 15 is 0 Å². The number of aromatic nitrogens is 2. The molecule has 0 aliphatic rings. The number of nitrogens with zero attached hydrogens (tertiary/aromatic N) is 2. The number of carbonyl (C=O) groups is 1. The van der Waals surface area contributed by atoms with Crippen LogP contribution in [-0.4, -0.2) is 15.7 Å². The van der Waals surface area contributed by atoms with Crippen LogP contribution in [0, 0.1) is 19.7 Å². The zero-order chi connectivity index (χ0) is 18.3. The van der Waals surface area contributed by atoms with Crippen LogP contribution >= 0.6 is 11.3 Å². The van der Waals surface area contributed by atoms with Gasteiger partial charge in [0.1, 0.15) is 10.6 Å². The molecular formula is C20H16FN3OS. The minimum atomic E-state index is -0.335. The Morgan fingerprint density at radius 1 is 1.08 bits per heavy atom. The van der Waals surface area contributed by atoms with E-state index in [9.17, 15) is 9.18 Å². The Hall–Kier alpha value is -2.99. The van der Waals surface area contributed by atoms with Crippen LogP contribution in [0.2, 0.25) is 0 Å². The van der Waals surface area contributed by atoms with Crippen LogP contribution in [0.5, 0.6) is 0 Å². The molecule has 1 N–H and O–H groups in total. The van der Waals surface area contributed by atoms with Gasteiger partial charge in [0, 0.05) is 11.1 Å². The summed E-state index contributed by atoms with van der Waals surface area (Å²) in [5.41, 5.74) is 3.57. The predicted octanol–water partition coefficient (Wildman–Crippen LogP) is 5.10. The summed E-state index contributed by atoms with van der Waals surface area (Å²) in [7, 11) is 0. The Morgan fingerprint density at radius 2 is 1.77 bits per heavy atom. The molecule has 0 aliphatic heterocycles. The molecule has 130 valence electrons. The molecule has 4 aromatic rings. The fraction of sp³-hybridized carbons (Fsp3) is 0.100. The van der Waals surface area contributed by atoms with Gasteiger partial charge in [0.15, 0.2) is 0 Å². The lowest BCUT2D eigenvalue weighted by molar-refractivity contribution is 0.103. The van der Waals surface area contributed by atoms with Crippen molar-refractivity contribution in [2.24, 2.45) is 0 Å². The third-order valence-corrected chi connectivity index (χ3v) is 5.26. The third kappa shape index (κ3) is 2.99. The van der Waals surface area contributed by atoms with E-state index in [0.29, 0.717) is 10.6 Å². The van der Waals surface area contributed by atoms with E-state index in [2.05, 4.69) is 10.4 Å². The number of rotatable bonds is 3. The number of hydrogen-bond acceptors (Lipinski definition) is 3. The summed E-state index contributed by atoms with van der Waals surface area (Å²) in [5, 5.41) is 8.35. The normalized spacial score (nSPS) is 11.0. The van der Waals surface area contributed by atoms with Gasteiger partial charge in [0.05, 0.1) is 16.3 Å². The lowest BCUT2D eigenvalue weighted by atomic mass is 10.2. The lowest BCUT2D eigenvalue weighted by Crippen LogP contribution is -2.10. The van der Waals surface area contributed by atoms with Crippen LogP contribution in [0.25, 0.3) is 15.9 Å². The first kappa shape index (κ1) is 16.5. The number of aryl methyl sites for hydroxylation is 2. The van der Waals surface area contributed by atoms with Crippen LogP contribution < -0.4 is 5.32 Å². The SMILES string of the molecule is Cc1ccc(-n2nc(C)c3cc(C(=O)Nc4ccc(F)cc4)sc32)cc1. The molecule has 0 radical (unpaired) electrons. The Bertz CT molecular complexity index is 1090. The summed E-state index contributed by atoms with van der Waals surface area (Å²) >= 11 is 1.39. The number of hydrogen-bond donors (Lipinski definition) is 1. The average Bonchev–Trinajstić information content (AvgIpc) is 3.19. The smallest absolute Gasteiger partial charge is 0.265 e. The zero-order valence-electron chi connectivity index (χ0n) is 14.3. The summed E-state index contributed by atoms with van der Waals surface area (Å²) in [6.45, 7) is 3.97. The van der Waals surface area contributed by atoms with E-state index in [1.54, 1.807) is 12.1 Å². The van der Waals surface area contributed by atoms with Crippen molar-refractivity contribution in [1.82, 2.24) is 9.78 Å². The van der Waals surface area contributed by atoms with E-state index in [-0.39, 0.29) is 11.7 Å². The largest absolute Gasteiger partial charge is 0.321 e. The minimum Gasteiger partial charge on any atom is -0.321 e. The molecule has 0 bridgehead atoms. The highest BCUT2D eigenvalue weighted by Crippen LogP contribution is 2.31. The van der Waals surface area contributed by atoms with E-state index in [1.807, 2.05) is 48.9 Å². The number of thiophene rings is 1. The molecule has 4 nitrogen and oxygen atoms in total. The van der Waals surface area contributed by atoms with E-state index in [1.165, 1.54) is 29.0 Å². The molecule has 0 aliphatic carbocycles. The maximum absolute atomic E-state index is 13.0. The topological polar surface area (TPSA) is 46.9 Å². The van der Waals surface area contributed by atoms with Crippen molar-refractivity contribution in [2.45, 2.75) is 13.8 Å². The quantitative estimate of drug-likeness (QED) is 0.549. The highest BCUT2D eigenvalue weighted by atomic mass is 32.1. The lowest BCUT2D eigenvalue weighted by Gasteiger charge is -2.04. The molecule has 6 heteroatoms. The molecule has 0 fully saturated rings. The van der Waals surface area contributed by atoms with Crippen molar-refractivity contribution in [1.29, 1.82) is 0 Å². The van der Waals surface area contributed by atoms with E-state index in [0.717, 1.165) is 21.6 Å². The molecular weight excluding hydrogens is 349 g/mol. The number of benzene rings is 2. The van der Waals surface area contributed by atoms with E-state index < -0.39 is 0 Å². The summed E-state index contributed by atoms with van der Waals surface area (Å²) in [4.78, 5) is 14.1. The van der Waals surface area contributed by atoms with Crippen molar-refractivity contribution >= 4 is 33.1 Å². The maximum atomic E-state index is 13.0. The van der Waals surface area contributed by atoms with Gasteiger partial charge in [-0.15, -0.1) is 11.3 Å². The monoisotopic (exact) mass is 365 g/mol. The molecule has 0 saturated heterocycles. The Labute approximate surface area is 153 Å². The van der Waals surface area contributed by atoms with Crippen LogP contribution in [0.1, 0.15) is 20.9 Å². The van der Waals surface area contributed by atoms with Crippen LogP contribution in [0.4, 0.5) is 10.1 Å². The molecule has 1 amide bonds. The van der Waals surface area contributed by atoms with Crippen LogP contribution in [-0.2, 0) is 0 Å². The molecule has 2 aromatic carbocycles. The second-order valence-electron chi connectivity index (χ2n) is 6.12. The number of fused-ring (bicyclic) bond motifs is 1. The predicted molar refractivity (Wildman–Crippen MR) is 103 cm³/mol. The Balaban J connectivity index is 1.69. The molecule has 0 saturated carbocycles. The van der Waals surface area contributed by atoms with Gasteiger partial charge in [-0.2, -0.15) is 5.10 Å². The second kappa shape index (κ2) is 6.38. The second-order valence-corrected chi connectivity index (χ2v) is 7.15. The molecule has 2 aromatic heterocycles. The van der Waals surface area contributed by atoms with Gasteiger partial charge in [-0.3, -0.25) is 4.79 Å². The fourth-order valence-electron chi connectivity index (χ4n) is 2.75. The first-order chi connectivity index (χ1) is 12.5. The first-order valence-corrected chi connectivity index (χ1v) is 8.96. The summed E-state index contributed by atoms with van der Waals surface area (Å²) < 4.78 is 14.9. The van der Waals surface area contributed by atoms with Crippen molar-refractivity contribution in [3.8, 4) is 5.69 Å². The highest BCUT2D eigenvalue weighted by Gasteiger charge is 2.17. The first-order valence-electron chi connectivity index (χ1n) is 8.14. The number of amides is 1.